The Morgan fingerprint density at radius 2 is 1.86 bits per heavy atom. The van der Waals surface area contributed by atoms with Crippen LogP contribution >= 0.6 is 27.5 Å². The molecule has 0 aromatic heterocycles. The third-order valence-corrected chi connectivity index (χ3v) is 5.84. The number of hydrogen-bond acceptors (Lipinski definition) is 4. The van der Waals surface area contributed by atoms with Crippen molar-refractivity contribution in [3.8, 4) is 11.5 Å². The van der Waals surface area contributed by atoms with Gasteiger partial charge in [0, 0.05) is 21.5 Å². The number of nitrogens with zero attached hydrogens (tertiary/aromatic N) is 2. The molecule has 6 heteroatoms. The van der Waals surface area contributed by atoms with Crippen molar-refractivity contribution in [1.82, 2.24) is 5.01 Å². The number of phenols is 1. The van der Waals surface area contributed by atoms with Crippen LogP contribution in [0.2, 0.25) is 5.02 Å². The van der Waals surface area contributed by atoms with Gasteiger partial charge in [0.15, 0.2) is 0 Å². The minimum absolute atomic E-state index is 0.0137. The Hall–Kier alpha value is -2.50. The summed E-state index contributed by atoms with van der Waals surface area (Å²) >= 11 is 9.76. The van der Waals surface area contributed by atoms with Crippen LogP contribution in [-0.4, -0.2) is 15.8 Å². The molecule has 1 N–H and O–H groups in total. The molecule has 0 radical (unpaired) electrons. The molecule has 0 amide bonds. The predicted molar refractivity (Wildman–Crippen MR) is 113 cm³/mol. The van der Waals surface area contributed by atoms with Gasteiger partial charge in [0.05, 0.1) is 17.3 Å². The van der Waals surface area contributed by atoms with Crippen molar-refractivity contribution in [3.63, 3.8) is 0 Å². The SMILES string of the molecule is Oc1ccc(Cl)cc1C1Oc2ccc(Br)cc2C2CC(c3ccccc3)=NN21. The highest BCUT2D eigenvalue weighted by atomic mass is 79.9. The number of hydrogen-bond donors (Lipinski definition) is 1. The second-order valence-corrected chi connectivity index (χ2v) is 8.22. The van der Waals surface area contributed by atoms with Gasteiger partial charge in [0.2, 0.25) is 6.23 Å². The molecule has 140 valence electrons. The van der Waals surface area contributed by atoms with Crippen LogP contribution in [-0.2, 0) is 0 Å². The van der Waals surface area contributed by atoms with Crippen molar-refractivity contribution >= 4 is 33.2 Å². The first-order chi connectivity index (χ1) is 13.6. The number of rotatable bonds is 2. The van der Waals surface area contributed by atoms with Crippen molar-refractivity contribution in [3.05, 3.63) is 92.9 Å². The zero-order valence-electron chi connectivity index (χ0n) is 14.7. The van der Waals surface area contributed by atoms with Crippen LogP contribution in [0.15, 0.2) is 76.3 Å². The highest BCUT2D eigenvalue weighted by Crippen LogP contribution is 2.49. The molecule has 0 saturated carbocycles. The van der Waals surface area contributed by atoms with Gasteiger partial charge < -0.3 is 9.84 Å². The topological polar surface area (TPSA) is 45.1 Å². The fraction of sp³-hybridized carbons (Fsp3) is 0.136. The van der Waals surface area contributed by atoms with Gasteiger partial charge in [-0.3, -0.25) is 0 Å². The van der Waals surface area contributed by atoms with E-state index in [1.54, 1.807) is 18.2 Å². The molecular formula is C22H16BrClN2O2. The Bertz CT molecular complexity index is 1090. The van der Waals surface area contributed by atoms with Crippen molar-refractivity contribution < 1.29 is 9.84 Å². The lowest BCUT2D eigenvalue weighted by Crippen LogP contribution is -2.33. The average Bonchev–Trinajstić information content (AvgIpc) is 3.16. The van der Waals surface area contributed by atoms with E-state index < -0.39 is 6.23 Å². The summed E-state index contributed by atoms with van der Waals surface area (Å²) in [6.45, 7) is 0. The minimum Gasteiger partial charge on any atom is -0.507 e. The van der Waals surface area contributed by atoms with Crippen LogP contribution in [0, 0.1) is 0 Å². The number of phenolic OH excluding ortho intramolecular Hbond substituents is 1. The van der Waals surface area contributed by atoms with Crippen LogP contribution in [0.1, 0.15) is 35.4 Å². The van der Waals surface area contributed by atoms with E-state index in [-0.39, 0.29) is 11.8 Å². The van der Waals surface area contributed by atoms with Gasteiger partial charge in [0.25, 0.3) is 0 Å². The molecule has 2 heterocycles. The molecule has 0 spiro atoms. The van der Waals surface area contributed by atoms with E-state index in [0.29, 0.717) is 10.6 Å². The molecule has 0 bridgehead atoms. The van der Waals surface area contributed by atoms with Gasteiger partial charge in [-0.15, -0.1) is 0 Å². The first-order valence-corrected chi connectivity index (χ1v) is 10.1. The molecule has 0 saturated heterocycles. The summed E-state index contributed by atoms with van der Waals surface area (Å²) in [6.07, 6.45) is 0.202. The standard InChI is InChI=1S/C22H16BrClN2O2/c23-14-6-9-21-16(10-14)19-12-18(13-4-2-1-3-5-13)25-26(19)22(28-21)17-11-15(24)7-8-20(17)27/h1-11,19,22,27H,12H2. The summed E-state index contributed by atoms with van der Waals surface area (Å²) in [4.78, 5) is 0. The fourth-order valence-electron chi connectivity index (χ4n) is 3.79. The van der Waals surface area contributed by atoms with Crippen LogP contribution in [0.25, 0.3) is 0 Å². The average molecular weight is 456 g/mol. The normalized spacial score (nSPS) is 20.2. The fourth-order valence-corrected chi connectivity index (χ4v) is 4.35. The van der Waals surface area contributed by atoms with Gasteiger partial charge in [-0.05, 0) is 42.0 Å². The number of benzene rings is 3. The van der Waals surface area contributed by atoms with Gasteiger partial charge >= 0.3 is 0 Å². The van der Waals surface area contributed by atoms with Gasteiger partial charge in [0.1, 0.15) is 11.5 Å². The summed E-state index contributed by atoms with van der Waals surface area (Å²) in [7, 11) is 0. The Labute approximate surface area is 176 Å². The van der Waals surface area contributed by atoms with Gasteiger partial charge in [-0.25, -0.2) is 5.01 Å². The molecule has 2 aliphatic heterocycles. The number of fused-ring (bicyclic) bond motifs is 3. The smallest absolute Gasteiger partial charge is 0.217 e. The second kappa shape index (κ2) is 6.83. The second-order valence-electron chi connectivity index (χ2n) is 6.87. The molecule has 2 unspecified atom stereocenters. The number of aromatic hydroxyl groups is 1. The molecule has 28 heavy (non-hydrogen) atoms. The number of hydrazone groups is 1. The molecule has 3 aromatic rings. The molecule has 2 atom stereocenters. The summed E-state index contributed by atoms with van der Waals surface area (Å²) < 4.78 is 7.28. The van der Waals surface area contributed by atoms with Crippen LogP contribution in [0.4, 0.5) is 0 Å². The number of ether oxygens (including phenoxy) is 1. The number of halogens is 2. The third-order valence-electron chi connectivity index (χ3n) is 5.11. The van der Waals surface area contributed by atoms with E-state index in [2.05, 4.69) is 34.1 Å². The Morgan fingerprint density at radius 1 is 1.04 bits per heavy atom. The summed E-state index contributed by atoms with van der Waals surface area (Å²) in [5.74, 6) is 0.926. The first kappa shape index (κ1) is 17.6. The van der Waals surface area contributed by atoms with Crippen molar-refractivity contribution in [1.29, 1.82) is 0 Å². The van der Waals surface area contributed by atoms with E-state index in [0.717, 1.165) is 33.5 Å². The first-order valence-electron chi connectivity index (χ1n) is 8.96. The molecule has 2 aliphatic rings. The summed E-state index contributed by atoms with van der Waals surface area (Å²) in [5.41, 5.74) is 3.75. The minimum atomic E-state index is -0.557. The molecule has 3 aromatic carbocycles. The summed E-state index contributed by atoms with van der Waals surface area (Å²) in [6, 6.07) is 21.1. The quantitative estimate of drug-likeness (QED) is 0.511. The van der Waals surface area contributed by atoms with E-state index in [9.17, 15) is 5.11 Å². The third kappa shape index (κ3) is 2.95. The predicted octanol–water partition coefficient (Wildman–Crippen LogP) is 6.05. The van der Waals surface area contributed by atoms with E-state index in [1.807, 2.05) is 35.3 Å². The molecule has 4 nitrogen and oxygen atoms in total. The van der Waals surface area contributed by atoms with E-state index in [4.69, 9.17) is 21.4 Å². The Balaban J connectivity index is 1.64. The maximum absolute atomic E-state index is 10.5. The maximum atomic E-state index is 10.5. The highest BCUT2D eigenvalue weighted by molar-refractivity contribution is 9.10. The van der Waals surface area contributed by atoms with Crippen molar-refractivity contribution in [2.75, 3.05) is 0 Å². The lowest BCUT2D eigenvalue weighted by Gasteiger charge is -2.38. The molecule has 5 rings (SSSR count). The van der Waals surface area contributed by atoms with Crippen molar-refractivity contribution in [2.24, 2.45) is 5.10 Å². The zero-order chi connectivity index (χ0) is 19.3. The highest BCUT2D eigenvalue weighted by Gasteiger charge is 2.42. The van der Waals surface area contributed by atoms with Crippen molar-refractivity contribution in [2.45, 2.75) is 18.7 Å². The molecule has 0 fully saturated rings. The Morgan fingerprint density at radius 3 is 2.68 bits per heavy atom. The zero-order valence-corrected chi connectivity index (χ0v) is 17.1. The van der Waals surface area contributed by atoms with Crippen LogP contribution in [0.3, 0.4) is 0 Å². The molecule has 0 aliphatic carbocycles. The lowest BCUT2D eigenvalue weighted by atomic mass is 9.96. The largest absolute Gasteiger partial charge is 0.507 e. The van der Waals surface area contributed by atoms with Gasteiger partial charge in [-0.1, -0.05) is 57.9 Å². The van der Waals surface area contributed by atoms with Crippen LogP contribution in [0.5, 0.6) is 11.5 Å². The van der Waals surface area contributed by atoms with E-state index >= 15 is 0 Å². The molecular weight excluding hydrogens is 440 g/mol. The van der Waals surface area contributed by atoms with Gasteiger partial charge in [-0.2, -0.15) is 5.10 Å². The van der Waals surface area contributed by atoms with Crippen LogP contribution < -0.4 is 4.74 Å². The maximum Gasteiger partial charge on any atom is 0.217 e. The monoisotopic (exact) mass is 454 g/mol. The Kier molecular flexibility index (Phi) is 4.29. The van der Waals surface area contributed by atoms with E-state index in [1.165, 1.54) is 0 Å². The summed E-state index contributed by atoms with van der Waals surface area (Å²) in [5, 5.41) is 17.8. The lowest BCUT2D eigenvalue weighted by molar-refractivity contribution is -0.0203.